The lowest BCUT2D eigenvalue weighted by Gasteiger charge is -2.06. The second-order valence-electron chi connectivity index (χ2n) is 5.58. The summed E-state index contributed by atoms with van der Waals surface area (Å²) in [4.78, 5) is 29.2. The maximum absolute atomic E-state index is 12.2. The number of nitrogens with zero attached hydrogens (tertiary/aromatic N) is 5. The van der Waals surface area contributed by atoms with Crippen LogP contribution in [0.5, 0.6) is 0 Å². The monoisotopic (exact) mass is 350 g/mol. The number of rotatable bonds is 3. The lowest BCUT2D eigenvalue weighted by atomic mass is 10.1. The lowest BCUT2D eigenvalue weighted by molar-refractivity contribution is 0.102. The van der Waals surface area contributed by atoms with Crippen LogP contribution in [0.25, 0.3) is 22.2 Å². The molecule has 4 heterocycles. The van der Waals surface area contributed by atoms with E-state index in [2.05, 4.69) is 25.3 Å². The van der Waals surface area contributed by atoms with E-state index < -0.39 is 0 Å². The number of thiazole rings is 1. The molecule has 0 radical (unpaired) electrons. The van der Waals surface area contributed by atoms with Gasteiger partial charge in [-0.05, 0) is 19.1 Å². The molecule has 0 aliphatic carbocycles. The average molecular weight is 350 g/mol. The molecule has 1 amide bonds. The summed E-state index contributed by atoms with van der Waals surface area (Å²) < 4.78 is 1.93. The van der Waals surface area contributed by atoms with E-state index in [1.54, 1.807) is 36.4 Å². The molecule has 0 aliphatic heterocycles. The summed E-state index contributed by atoms with van der Waals surface area (Å²) in [6.07, 6.45) is 6.96. The standard InChI is InChI=1S/C17H14N6OS/c1-10-21-14(8-25-10)17(24)22-16-4-11-3-12(5-19-13(11)6-20-16)15-7-18-9-23(15)2/h3-9H,1-2H3,(H,20,22,24). The maximum atomic E-state index is 12.2. The predicted octanol–water partition coefficient (Wildman–Crippen LogP) is 3.05. The van der Waals surface area contributed by atoms with Crippen LogP contribution in [0, 0.1) is 6.92 Å². The fraction of sp³-hybridized carbons (Fsp3) is 0.118. The van der Waals surface area contributed by atoms with Gasteiger partial charge < -0.3 is 9.88 Å². The smallest absolute Gasteiger partial charge is 0.276 e. The van der Waals surface area contributed by atoms with E-state index in [1.807, 2.05) is 24.6 Å². The van der Waals surface area contributed by atoms with Crippen molar-refractivity contribution in [2.75, 3.05) is 5.32 Å². The molecule has 0 unspecified atom stereocenters. The highest BCUT2D eigenvalue weighted by Gasteiger charge is 2.11. The van der Waals surface area contributed by atoms with E-state index in [0.717, 1.165) is 27.2 Å². The van der Waals surface area contributed by atoms with Gasteiger partial charge >= 0.3 is 0 Å². The van der Waals surface area contributed by atoms with Gasteiger partial charge in [-0.15, -0.1) is 11.3 Å². The molecule has 4 aromatic rings. The number of hydrogen-bond acceptors (Lipinski definition) is 6. The zero-order valence-corrected chi connectivity index (χ0v) is 14.4. The number of pyridine rings is 2. The number of carbonyl (C=O) groups is 1. The molecule has 0 spiro atoms. The Hall–Kier alpha value is -3.13. The average Bonchev–Trinajstić information content (AvgIpc) is 3.22. The normalized spacial score (nSPS) is 11.0. The minimum Gasteiger partial charge on any atom is -0.334 e. The van der Waals surface area contributed by atoms with Crippen LogP contribution in [0.3, 0.4) is 0 Å². The number of aryl methyl sites for hydroxylation is 2. The van der Waals surface area contributed by atoms with Gasteiger partial charge in [-0.3, -0.25) is 9.78 Å². The summed E-state index contributed by atoms with van der Waals surface area (Å²) in [5.41, 5.74) is 3.07. The number of anilines is 1. The summed E-state index contributed by atoms with van der Waals surface area (Å²) in [7, 11) is 1.93. The van der Waals surface area contributed by atoms with Crippen molar-refractivity contribution < 1.29 is 4.79 Å². The molecule has 124 valence electrons. The summed E-state index contributed by atoms with van der Waals surface area (Å²) in [5, 5.41) is 6.24. The van der Waals surface area contributed by atoms with E-state index >= 15 is 0 Å². The summed E-state index contributed by atoms with van der Waals surface area (Å²) in [6.45, 7) is 1.86. The highest BCUT2D eigenvalue weighted by atomic mass is 32.1. The van der Waals surface area contributed by atoms with Crippen molar-refractivity contribution in [2.45, 2.75) is 6.92 Å². The van der Waals surface area contributed by atoms with Crippen LogP contribution in [-0.4, -0.2) is 30.4 Å². The van der Waals surface area contributed by atoms with Crippen LogP contribution in [-0.2, 0) is 7.05 Å². The molecule has 0 bridgehead atoms. The van der Waals surface area contributed by atoms with Crippen molar-refractivity contribution in [3.05, 3.63) is 53.1 Å². The van der Waals surface area contributed by atoms with Crippen molar-refractivity contribution in [1.82, 2.24) is 24.5 Å². The molecule has 4 aromatic heterocycles. The molecule has 4 rings (SSSR count). The largest absolute Gasteiger partial charge is 0.334 e. The van der Waals surface area contributed by atoms with Gasteiger partial charge in [0.05, 0.1) is 34.9 Å². The molecule has 0 fully saturated rings. The van der Waals surface area contributed by atoms with Gasteiger partial charge in [-0.1, -0.05) is 0 Å². The van der Waals surface area contributed by atoms with Crippen LogP contribution in [0.15, 0.2) is 42.4 Å². The topological polar surface area (TPSA) is 85.6 Å². The van der Waals surface area contributed by atoms with Gasteiger partial charge in [0.15, 0.2) is 0 Å². The zero-order valence-electron chi connectivity index (χ0n) is 13.6. The van der Waals surface area contributed by atoms with E-state index in [9.17, 15) is 4.79 Å². The third kappa shape index (κ3) is 2.99. The molecule has 0 atom stereocenters. The van der Waals surface area contributed by atoms with Crippen LogP contribution in [0.4, 0.5) is 5.82 Å². The molecule has 25 heavy (non-hydrogen) atoms. The lowest BCUT2D eigenvalue weighted by Crippen LogP contribution is -2.13. The quantitative estimate of drug-likeness (QED) is 0.614. The van der Waals surface area contributed by atoms with Gasteiger partial charge in [-0.25, -0.2) is 15.0 Å². The highest BCUT2D eigenvalue weighted by Crippen LogP contribution is 2.23. The molecule has 0 saturated carbocycles. The number of amides is 1. The Morgan fingerprint density at radius 1 is 1.20 bits per heavy atom. The summed E-state index contributed by atoms with van der Waals surface area (Å²) in [6, 6.07) is 3.81. The van der Waals surface area contributed by atoms with E-state index in [-0.39, 0.29) is 5.91 Å². The predicted molar refractivity (Wildman–Crippen MR) is 96.5 cm³/mol. The molecular weight excluding hydrogens is 336 g/mol. The molecule has 1 N–H and O–H groups in total. The molecule has 7 nitrogen and oxygen atoms in total. The molecule has 8 heteroatoms. The van der Waals surface area contributed by atoms with E-state index in [0.29, 0.717) is 11.5 Å². The third-order valence-electron chi connectivity index (χ3n) is 3.77. The first-order valence-corrected chi connectivity index (χ1v) is 8.44. The number of nitrogens with one attached hydrogen (secondary N) is 1. The van der Waals surface area contributed by atoms with Gasteiger partial charge in [0, 0.05) is 29.6 Å². The Labute approximate surface area is 147 Å². The van der Waals surface area contributed by atoms with Gasteiger partial charge in [-0.2, -0.15) is 0 Å². The van der Waals surface area contributed by atoms with Gasteiger partial charge in [0.2, 0.25) is 0 Å². The zero-order chi connectivity index (χ0) is 17.4. The maximum Gasteiger partial charge on any atom is 0.276 e. The Kier molecular flexibility index (Phi) is 3.73. The van der Waals surface area contributed by atoms with Crippen LogP contribution >= 0.6 is 11.3 Å². The Balaban J connectivity index is 1.67. The number of hydrogen-bond donors (Lipinski definition) is 1. The Morgan fingerprint density at radius 3 is 2.80 bits per heavy atom. The second kappa shape index (κ2) is 6.06. The fourth-order valence-corrected chi connectivity index (χ4v) is 3.12. The van der Waals surface area contributed by atoms with Crippen molar-refractivity contribution in [2.24, 2.45) is 7.05 Å². The van der Waals surface area contributed by atoms with Gasteiger partial charge in [0.25, 0.3) is 5.91 Å². The van der Waals surface area contributed by atoms with E-state index in [1.165, 1.54) is 11.3 Å². The SMILES string of the molecule is Cc1nc(C(=O)Nc2cc3cc(-c4cncn4C)cnc3cn2)cs1. The van der Waals surface area contributed by atoms with Gasteiger partial charge in [0.1, 0.15) is 11.5 Å². The highest BCUT2D eigenvalue weighted by molar-refractivity contribution is 7.09. The molecule has 0 aliphatic rings. The van der Waals surface area contributed by atoms with Crippen molar-refractivity contribution in [1.29, 1.82) is 0 Å². The number of fused-ring (bicyclic) bond motifs is 1. The van der Waals surface area contributed by atoms with Crippen LogP contribution < -0.4 is 5.32 Å². The van der Waals surface area contributed by atoms with Crippen molar-refractivity contribution in [3.8, 4) is 11.3 Å². The molecular formula is C17H14N6OS. The first kappa shape index (κ1) is 15.4. The van der Waals surface area contributed by atoms with Crippen LogP contribution in [0.2, 0.25) is 0 Å². The Bertz CT molecular complexity index is 1080. The number of carbonyl (C=O) groups excluding carboxylic acids is 1. The fourth-order valence-electron chi connectivity index (χ4n) is 2.52. The first-order chi connectivity index (χ1) is 12.1. The summed E-state index contributed by atoms with van der Waals surface area (Å²) >= 11 is 1.44. The minimum absolute atomic E-state index is 0.271. The Morgan fingerprint density at radius 2 is 2.08 bits per heavy atom. The molecule has 0 saturated heterocycles. The van der Waals surface area contributed by atoms with E-state index in [4.69, 9.17) is 0 Å². The second-order valence-corrected chi connectivity index (χ2v) is 6.64. The van der Waals surface area contributed by atoms with Crippen LogP contribution in [0.1, 0.15) is 15.5 Å². The van der Waals surface area contributed by atoms with Crippen molar-refractivity contribution in [3.63, 3.8) is 0 Å². The third-order valence-corrected chi connectivity index (χ3v) is 4.55. The minimum atomic E-state index is -0.271. The number of aromatic nitrogens is 5. The molecule has 0 aromatic carbocycles. The first-order valence-electron chi connectivity index (χ1n) is 7.56. The number of imidazole rings is 1. The summed E-state index contributed by atoms with van der Waals surface area (Å²) in [5.74, 6) is 0.194. The van der Waals surface area contributed by atoms with Crippen molar-refractivity contribution >= 4 is 34.0 Å².